The van der Waals surface area contributed by atoms with Gasteiger partial charge in [0.05, 0.1) is 0 Å². The lowest BCUT2D eigenvalue weighted by Crippen LogP contribution is -1.89. The van der Waals surface area contributed by atoms with Crippen molar-refractivity contribution >= 4 is 27.7 Å². The van der Waals surface area contributed by atoms with E-state index in [2.05, 4.69) is 11.1 Å². The molecule has 0 atom stereocenters. The predicted molar refractivity (Wildman–Crippen MR) is 62.1 cm³/mol. The number of aromatic amines is 1. The Morgan fingerprint density at radius 3 is 2.93 bits per heavy atom. The summed E-state index contributed by atoms with van der Waals surface area (Å²) in [5.41, 5.74) is 2.40. The molecule has 15 heavy (non-hydrogen) atoms. The second-order valence-electron chi connectivity index (χ2n) is 3.57. The summed E-state index contributed by atoms with van der Waals surface area (Å²) in [5.74, 6) is 0. The van der Waals surface area contributed by atoms with Crippen molar-refractivity contribution in [2.75, 3.05) is 0 Å². The zero-order valence-corrected chi connectivity index (χ0v) is 9.05. The monoisotopic (exact) mass is 221 g/mol. The lowest BCUT2D eigenvalue weighted by atomic mass is 10.1. The Balaban J connectivity index is 2.11. The van der Waals surface area contributed by atoms with E-state index in [0.29, 0.717) is 6.42 Å². The maximum absolute atomic E-state index is 10.6. The standard InChI is InChI=1S/C12H12ClNO/c13-12(15)7-3-4-9-8-14-11-6-2-1-5-10(9)11/h1-2,5-6,8,14H,3-4,7H2. The number of H-pyrrole nitrogens is 1. The molecule has 0 fully saturated rings. The van der Waals surface area contributed by atoms with Gasteiger partial charge in [-0.2, -0.15) is 0 Å². The number of aromatic nitrogens is 1. The van der Waals surface area contributed by atoms with Gasteiger partial charge in [0.2, 0.25) is 5.24 Å². The molecule has 2 rings (SSSR count). The molecule has 1 N–H and O–H groups in total. The molecule has 0 bridgehead atoms. The number of aryl methyl sites for hydroxylation is 1. The highest BCUT2D eigenvalue weighted by Gasteiger charge is 2.03. The van der Waals surface area contributed by atoms with Crippen molar-refractivity contribution in [1.29, 1.82) is 0 Å². The molecule has 0 aliphatic rings. The Labute approximate surface area is 93.2 Å². The van der Waals surface area contributed by atoms with Gasteiger partial charge in [-0.3, -0.25) is 4.79 Å². The average Bonchev–Trinajstić information content (AvgIpc) is 2.62. The minimum atomic E-state index is -0.255. The quantitative estimate of drug-likeness (QED) is 0.790. The second kappa shape index (κ2) is 4.49. The van der Waals surface area contributed by atoms with Crippen LogP contribution < -0.4 is 0 Å². The van der Waals surface area contributed by atoms with Crippen molar-refractivity contribution in [3.8, 4) is 0 Å². The highest BCUT2D eigenvalue weighted by atomic mass is 35.5. The molecule has 78 valence electrons. The fourth-order valence-electron chi connectivity index (χ4n) is 1.76. The fraction of sp³-hybridized carbons (Fsp3) is 0.250. The zero-order valence-electron chi connectivity index (χ0n) is 8.29. The van der Waals surface area contributed by atoms with Crippen LogP contribution in [0.15, 0.2) is 30.5 Å². The largest absolute Gasteiger partial charge is 0.361 e. The fourth-order valence-corrected chi connectivity index (χ4v) is 1.89. The van der Waals surface area contributed by atoms with Crippen LogP contribution in [0.4, 0.5) is 0 Å². The van der Waals surface area contributed by atoms with E-state index in [4.69, 9.17) is 11.6 Å². The first-order valence-corrected chi connectivity index (χ1v) is 5.38. The number of nitrogens with one attached hydrogen (secondary N) is 1. The number of benzene rings is 1. The highest BCUT2D eigenvalue weighted by Crippen LogP contribution is 2.19. The van der Waals surface area contributed by atoms with Crippen LogP contribution in [0.3, 0.4) is 0 Å². The van der Waals surface area contributed by atoms with Crippen molar-refractivity contribution in [3.63, 3.8) is 0 Å². The van der Waals surface area contributed by atoms with Crippen molar-refractivity contribution in [1.82, 2.24) is 4.98 Å². The Bertz CT molecular complexity index is 475. The maximum Gasteiger partial charge on any atom is 0.221 e. The van der Waals surface area contributed by atoms with Gasteiger partial charge < -0.3 is 4.98 Å². The molecule has 0 saturated carbocycles. The summed E-state index contributed by atoms with van der Waals surface area (Å²) in [7, 11) is 0. The van der Waals surface area contributed by atoms with Crippen molar-refractivity contribution < 1.29 is 4.79 Å². The number of carbonyl (C=O) groups excluding carboxylic acids is 1. The molecule has 1 aromatic carbocycles. The van der Waals surface area contributed by atoms with Gasteiger partial charge in [-0.1, -0.05) is 18.2 Å². The van der Waals surface area contributed by atoms with Gasteiger partial charge in [0, 0.05) is 23.5 Å². The Hall–Kier alpha value is -1.28. The summed E-state index contributed by atoms with van der Waals surface area (Å²) < 4.78 is 0. The molecule has 0 aliphatic carbocycles. The molecule has 0 spiro atoms. The van der Waals surface area contributed by atoms with Gasteiger partial charge in [0.15, 0.2) is 0 Å². The van der Waals surface area contributed by atoms with Crippen molar-refractivity contribution in [2.45, 2.75) is 19.3 Å². The van der Waals surface area contributed by atoms with E-state index in [-0.39, 0.29) is 5.24 Å². The zero-order chi connectivity index (χ0) is 10.7. The van der Waals surface area contributed by atoms with Crippen LogP contribution in [0.5, 0.6) is 0 Å². The minimum absolute atomic E-state index is 0.255. The van der Waals surface area contributed by atoms with Crippen LogP contribution in [0, 0.1) is 0 Å². The average molecular weight is 222 g/mol. The third kappa shape index (κ3) is 2.39. The summed E-state index contributed by atoms with van der Waals surface area (Å²) in [6, 6.07) is 8.16. The topological polar surface area (TPSA) is 32.9 Å². The predicted octanol–water partition coefficient (Wildman–Crippen LogP) is 3.26. The van der Waals surface area contributed by atoms with Gasteiger partial charge in [-0.05, 0) is 36.1 Å². The van der Waals surface area contributed by atoms with Crippen molar-refractivity contribution in [2.24, 2.45) is 0 Å². The first kappa shape index (κ1) is 10.2. The van der Waals surface area contributed by atoms with Crippen molar-refractivity contribution in [3.05, 3.63) is 36.0 Å². The van der Waals surface area contributed by atoms with Crippen LogP contribution in [-0.2, 0) is 11.2 Å². The third-order valence-corrected chi connectivity index (χ3v) is 2.68. The number of carbonyl (C=O) groups is 1. The van der Waals surface area contributed by atoms with Crippen LogP contribution in [0.25, 0.3) is 10.9 Å². The molecule has 0 radical (unpaired) electrons. The first-order valence-electron chi connectivity index (χ1n) is 5.00. The number of rotatable bonds is 4. The minimum Gasteiger partial charge on any atom is -0.361 e. The molecule has 1 heterocycles. The Morgan fingerprint density at radius 1 is 1.33 bits per heavy atom. The number of fused-ring (bicyclic) bond motifs is 1. The van der Waals surface area contributed by atoms with Crippen LogP contribution >= 0.6 is 11.6 Å². The molecule has 2 aromatic rings. The number of hydrogen-bond donors (Lipinski definition) is 1. The van der Waals surface area contributed by atoms with E-state index in [0.717, 1.165) is 18.4 Å². The Kier molecular flexibility index (Phi) is 3.07. The van der Waals surface area contributed by atoms with E-state index in [1.165, 1.54) is 10.9 Å². The molecule has 0 saturated heterocycles. The van der Waals surface area contributed by atoms with E-state index < -0.39 is 0 Å². The van der Waals surface area contributed by atoms with Gasteiger partial charge in [0.1, 0.15) is 0 Å². The molecule has 0 amide bonds. The van der Waals surface area contributed by atoms with E-state index in [9.17, 15) is 4.79 Å². The van der Waals surface area contributed by atoms with Gasteiger partial charge in [0.25, 0.3) is 0 Å². The molecular formula is C12H12ClNO. The normalized spacial score (nSPS) is 10.7. The number of halogens is 1. The SMILES string of the molecule is O=C(Cl)CCCc1c[nH]c2ccccc12. The molecule has 1 aromatic heterocycles. The lowest BCUT2D eigenvalue weighted by Gasteiger charge is -1.96. The third-order valence-electron chi connectivity index (χ3n) is 2.49. The summed E-state index contributed by atoms with van der Waals surface area (Å²) in [6.45, 7) is 0. The van der Waals surface area contributed by atoms with Crippen LogP contribution in [-0.4, -0.2) is 10.2 Å². The van der Waals surface area contributed by atoms with E-state index >= 15 is 0 Å². The first-order chi connectivity index (χ1) is 7.27. The summed E-state index contributed by atoms with van der Waals surface area (Å²) in [6.07, 6.45) is 4.15. The second-order valence-corrected chi connectivity index (χ2v) is 3.99. The number of hydrogen-bond acceptors (Lipinski definition) is 1. The highest BCUT2D eigenvalue weighted by molar-refractivity contribution is 6.63. The maximum atomic E-state index is 10.6. The smallest absolute Gasteiger partial charge is 0.221 e. The summed E-state index contributed by atoms with van der Waals surface area (Å²) in [5, 5.41) is 0.981. The van der Waals surface area contributed by atoms with Gasteiger partial charge in [-0.25, -0.2) is 0 Å². The van der Waals surface area contributed by atoms with Gasteiger partial charge in [-0.15, -0.1) is 0 Å². The lowest BCUT2D eigenvalue weighted by molar-refractivity contribution is -0.111. The van der Waals surface area contributed by atoms with Crippen LogP contribution in [0.1, 0.15) is 18.4 Å². The number of para-hydroxylation sites is 1. The molecule has 2 nitrogen and oxygen atoms in total. The summed E-state index contributed by atoms with van der Waals surface area (Å²) >= 11 is 5.29. The van der Waals surface area contributed by atoms with E-state index in [1.54, 1.807) is 0 Å². The molecule has 0 unspecified atom stereocenters. The summed E-state index contributed by atoms with van der Waals surface area (Å²) in [4.78, 5) is 13.8. The Morgan fingerprint density at radius 2 is 2.13 bits per heavy atom. The van der Waals surface area contributed by atoms with E-state index in [1.807, 2.05) is 24.4 Å². The van der Waals surface area contributed by atoms with Crippen LogP contribution in [0.2, 0.25) is 0 Å². The molecule has 3 heteroatoms. The molecule has 0 aliphatic heterocycles. The molecular weight excluding hydrogens is 210 g/mol. The van der Waals surface area contributed by atoms with Gasteiger partial charge >= 0.3 is 0 Å².